The number of hydrogen-bond acceptors (Lipinski definition) is 3. The summed E-state index contributed by atoms with van der Waals surface area (Å²) in [5.41, 5.74) is 9.55. The van der Waals surface area contributed by atoms with Crippen LogP contribution in [0.2, 0.25) is 0 Å². The van der Waals surface area contributed by atoms with Crippen LogP contribution in [0.15, 0.2) is 54.6 Å². The Bertz CT molecular complexity index is 525. The molecule has 3 nitrogen and oxygen atoms in total. The first kappa shape index (κ1) is 15.5. The Morgan fingerprint density at radius 3 is 2.29 bits per heavy atom. The fourth-order valence-corrected chi connectivity index (χ4v) is 2.39. The number of nitrogens with zero attached hydrogens (tertiary/aromatic N) is 1. The van der Waals surface area contributed by atoms with Gasteiger partial charge in [0.2, 0.25) is 0 Å². The lowest BCUT2D eigenvalue weighted by molar-refractivity contribution is 0.301. The van der Waals surface area contributed by atoms with E-state index in [-0.39, 0.29) is 12.6 Å². The van der Waals surface area contributed by atoms with Crippen LogP contribution in [0.3, 0.4) is 0 Å². The molecule has 2 rings (SSSR count). The first-order valence-corrected chi connectivity index (χ1v) is 7.50. The van der Waals surface area contributed by atoms with Gasteiger partial charge in [0.1, 0.15) is 0 Å². The van der Waals surface area contributed by atoms with E-state index in [1.54, 1.807) is 0 Å². The van der Waals surface area contributed by atoms with Crippen molar-refractivity contribution >= 4 is 5.69 Å². The summed E-state index contributed by atoms with van der Waals surface area (Å²) >= 11 is 0. The van der Waals surface area contributed by atoms with Crippen molar-refractivity contribution in [1.82, 2.24) is 0 Å². The van der Waals surface area contributed by atoms with E-state index in [9.17, 15) is 5.11 Å². The molecule has 0 aliphatic rings. The molecule has 0 aliphatic heterocycles. The predicted octanol–water partition coefficient (Wildman–Crippen LogP) is 3.10. The molecule has 3 heteroatoms. The summed E-state index contributed by atoms with van der Waals surface area (Å²) in [6.45, 7) is 3.64. The SMILES string of the molecule is CC[C@H](N)c1ccc(N(CCO)Cc2ccccc2)cc1. The van der Waals surface area contributed by atoms with Gasteiger partial charge in [-0.1, -0.05) is 49.4 Å². The van der Waals surface area contributed by atoms with Crippen LogP contribution >= 0.6 is 0 Å². The Labute approximate surface area is 127 Å². The maximum Gasteiger partial charge on any atom is 0.0606 e. The van der Waals surface area contributed by atoms with Crippen LogP contribution in [0, 0.1) is 0 Å². The maximum absolute atomic E-state index is 9.30. The van der Waals surface area contributed by atoms with E-state index < -0.39 is 0 Å². The van der Waals surface area contributed by atoms with Gasteiger partial charge in [-0.3, -0.25) is 0 Å². The van der Waals surface area contributed by atoms with Crippen molar-refractivity contribution in [2.75, 3.05) is 18.1 Å². The summed E-state index contributed by atoms with van der Waals surface area (Å²) < 4.78 is 0. The second-order valence-corrected chi connectivity index (χ2v) is 5.24. The molecule has 2 aromatic carbocycles. The molecule has 0 saturated carbocycles. The van der Waals surface area contributed by atoms with Crippen LogP contribution in [0.5, 0.6) is 0 Å². The minimum absolute atomic E-state index is 0.0967. The molecular formula is C18H24N2O. The Kier molecular flexibility index (Phi) is 5.78. The van der Waals surface area contributed by atoms with E-state index in [0.717, 1.165) is 24.2 Å². The third kappa shape index (κ3) is 4.31. The van der Waals surface area contributed by atoms with Gasteiger partial charge in [0.25, 0.3) is 0 Å². The third-order valence-corrected chi connectivity index (χ3v) is 3.71. The van der Waals surface area contributed by atoms with Crippen LogP contribution < -0.4 is 10.6 Å². The highest BCUT2D eigenvalue weighted by Gasteiger charge is 2.08. The number of anilines is 1. The molecule has 0 saturated heterocycles. The average Bonchev–Trinajstić information content (AvgIpc) is 2.55. The fourth-order valence-electron chi connectivity index (χ4n) is 2.39. The summed E-state index contributed by atoms with van der Waals surface area (Å²) in [4.78, 5) is 2.18. The second-order valence-electron chi connectivity index (χ2n) is 5.24. The molecule has 0 unspecified atom stereocenters. The van der Waals surface area contributed by atoms with Crippen LogP contribution in [0.4, 0.5) is 5.69 Å². The van der Waals surface area contributed by atoms with Gasteiger partial charge in [0.05, 0.1) is 6.61 Å². The molecule has 0 aliphatic carbocycles. The van der Waals surface area contributed by atoms with Gasteiger partial charge in [-0.05, 0) is 29.7 Å². The molecule has 0 bridgehead atoms. The molecule has 0 radical (unpaired) electrons. The molecule has 0 heterocycles. The highest BCUT2D eigenvalue weighted by Crippen LogP contribution is 2.21. The third-order valence-electron chi connectivity index (χ3n) is 3.71. The smallest absolute Gasteiger partial charge is 0.0606 e. The van der Waals surface area contributed by atoms with Gasteiger partial charge in [-0.25, -0.2) is 0 Å². The Balaban J connectivity index is 2.14. The zero-order chi connectivity index (χ0) is 15.1. The lowest BCUT2D eigenvalue weighted by Gasteiger charge is -2.24. The quantitative estimate of drug-likeness (QED) is 0.821. The molecule has 21 heavy (non-hydrogen) atoms. The van der Waals surface area contributed by atoms with E-state index in [1.165, 1.54) is 5.56 Å². The molecule has 0 fully saturated rings. The normalized spacial score (nSPS) is 12.1. The van der Waals surface area contributed by atoms with Gasteiger partial charge < -0.3 is 15.7 Å². The number of aliphatic hydroxyl groups excluding tert-OH is 1. The van der Waals surface area contributed by atoms with Crippen molar-refractivity contribution in [3.8, 4) is 0 Å². The summed E-state index contributed by atoms with van der Waals surface area (Å²) in [5, 5.41) is 9.30. The van der Waals surface area contributed by atoms with E-state index >= 15 is 0 Å². The summed E-state index contributed by atoms with van der Waals surface area (Å²) in [7, 11) is 0. The second kappa shape index (κ2) is 7.81. The van der Waals surface area contributed by atoms with E-state index in [4.69, 9.17) is 5.73 Å². The van der Waals surface area contributed by atoms with Crippen LogP contribution in [-0.2, 0) is 6.54 Å². The fraction of sp³-hybridized carbons (Fsp3) is 0.333. The van der Waals surface area contributed by atoms with Gasteiger partial charge in [-0.2, -0.15) is 0 Å². The predicted molar refractivity (Wildman–Crippen MR) is 88.2 cm³/mol. The zero-order valence-corrected chi connectivity index (χ0v) is 12.6. The average molecular weight is 284 g/mol. The topological polar surface area (TPSA) is 49.5 Å². The maximum atomic E-state index is 9.30. The minimum atomic E-state index is 0.0967. The monoisotopic (exact) mass is 284 g/mol. The van der Waals surface area contributed by atoms with Crippen LogP contribution in [0.25, 0.3) is 0 Å². The van der Waals surface area contributed by atoms with Crippen molar-refractivity contribution in [3.63, 3.8) is 0 Å². The highest BCUT2D eigenvalue weighted by atomic mass is 16.3. The summed E-state index contributed by atoms with van der Waals surface area (Å²) in [6, 6.07) is 18.7. The molecule has 0 aromatic heterocycles. The number of aliphatic hydroxyl groups is 1. The molecular weight excluding hydrogens is 260 g/mol. The van der Waals surface area contributed by atoms with Gasteiger partial charge in [0.15, 0.2) is 0 Å². The van der Waals surface area contributed by atoms with E-state index in [2.05, 4.69) is 48.2 Å². The van der Waals surface area contributed by atoms with Crippen molar-refractivity contribution in [2.24, 2.45) is 5.73 Å². The first-order valence-electron chi connectivity index (χ1n) is 7.50. The molecule has 2 aromatic rings. The van der Waals surface area contributed by atoms with E-state index in [0.29, 0.717) is 6.54 Å². The molecule has 0 spiro atoms. The first-order chi connectivity index (χ1) is 10.2. The lowest BCUT2D eigenvalue weighted by Crippen LogP contribution is -2.26. The zero-order valence-electron chi connectivity index (χ0n) is 12.6. The number of benzene rings is 2. The molecule has 3 N–H and O–H groups in total. The van der Waals surface area contributed by atoms with E-state index in [1.807, 2.05) is 18.2 Å². The number of nitrogens with two attached hydrogens (primary N) is 1. The summed E-state index contributed by atoms with van der Waals surface area (Å²) in [6.07, 6.45) is 0.934. The Hall–Kier alpha value is -1.84. The minimum Gasteiger partial charge on any atom is -0.395 e. The van der Waals surface area contributed by atoms with Crippen LogP contribution in [0.1, 0.15) is 30.5 Å². The van der Waals surface area contributed by atoms with Crippen molar-refractivity contribution in [3.05, 3.63) is 65.7 Å². The van der Waals surface area contributed by atoms with Gasteiger partial charge >= 0.3 is 0 Å². The number of hydrogen-bond donors (Lipinski definition) is 2. The van der Waals surface area contributed by atoms with Crippen molar-refractivity contribution in [1.29, 1.82) is 0 Å². The Morgan fingerprint density at radius 1 is 1.05 bits per heavy atom. The van der Waals surface area contributed by atoms with Crippen LogP contribution in [-0.4, -0.2) is 18.3 Å². The number of rotatable bonds is 7. The standard InChI is InChI=1S/C18H24N2O/c1-2-18(19)16-8-10-17(11-9-16)20(12-13-21)14-15-6-4-3-5-7-15/h3-11,18,21H,2,12-14,19H2,1H3/t18-/m0/s1. The Morgan fingerprint density at radius 2 is 1.71 bits per heavy atom. The summed E-state index contributed by atoms with van der Waals surface area (Å²) in [5.74, 6) is 0. The lowest BCUT2D eigenvalue weighted by atomic mass is 10.0. The van der Waals surface area contributed by atoms with Gasteiger partial charge in [-0.15, -0.1) is 0 Å². The molecule has 0 amide bonds. The van der Waals surface area contributed by atoms with Crippen molar-refractivity contribution < 1.29 is 5.11 Å². The molecule has 112 valence electrons. The van der Waals surface area contributed by atoms with Gasteiger partial charge in [0, 0.05) is 24.8 Å². The van der Waals surface area contributed by atoms with Crippen molar-refractivity contribution in [2.45, 2.75) is 25.9 Å². The highest BCUT2D eigenvalue weighted by molar-refractivity contribution is 5.48. The molecule has 1 atom stereocenters. The largest absolute Gasteiger partial charge is 0.395 e.